The van der Waals surface area contributed by atoms with Gasteiger partial charge in [0.05, 0.1) is 18.7 Å². The Kier molecular flexibility index (Phi) is 3.04. The number of methoxy groups -OCH3 is 1. The van der Waals surface area contributed by atoms with Crippen molar-refractivity contribution in [3.63, 3.8) is 0 Å². The van der Waals surface area contributed by atoms with Crippen LogP contribution < -0.4 is 15.0 Å². The van der Waals surface area contributed by atoms with E-state index in [0.29, 0.717) is 5.75 Å². The van der Waals surface area contributed by atoms with E-state index in [1.807, 2.05) is 26.0 Å². The van der Waals surface area contributed by atoms with Gasteiger partial charge in [-0.3, -0.25) is 4.79 Å². The third-order valence-corrected chi connectivity index (χ3v) is 2.37. The van der Waals surface area contributed by atoms with Crippen LogP contribution in [0.15, 0.2) is 29.1 Å². The summed E-state index contributed by atoms with van der Waals surface area (Å²) in [4.78, 5) is 14.2. The van der Waals surface area contributed by atoms with Crippen molar-refractivity contribution in [2.24, 2.45) is 0 Å². The molecule has 0 aliphatic heterocycles. The zero-order valence-electron chi connectivity index (χ0n) is 10.1. The first-order valence-corrected chi connectivity index (χ1v) is 5.48. The summed E-state index contributed by atoms with van der Waals surface area (Å²) in [6, 6.07) is 6.92. The number of benzene rings is 1. The van der Waals surface area contributed by atoms with Gasteiger partial charge in [-0.05, 0) is 32.0 Å². The highest BCUT2D eigenvalue weighted by Crippen LogP contribution is 2.27. The largest absolute Gasteiger partial charge is 0.497 e. The van der Waals surface area contributed by atoms with Gasteiger partial charge in [0.2, 0.25) is 0 Å². The van der Waals surface area contributed by atoms with Crippen molar-refractivity contribution in [3.8, 4) is 11.5 Å². The number of H-pyrrole nitrogens is 1. The molecule has 0 aliphatic carbocycles. The zero-order valence-corrected chi connectivity index (χ0v) is 10.1. The molecule has 0 unspecified atom stereocenters. The fourth-order valence-corrected chi connectivity index (χ4v) is 1.68. The van der Waals surface area contributed by atoms with E-state index in [1.54, 1.807) is 13.2 Å². The Morgan fingerprint density at radius 2 is 2.00 bits per heavy atom. The Labute approximate surface area is 99.2 Å². The lowest BCUT2D eigenvalue weighted by Crippen LogP contribution is -2.11. The minimum Gasteiger partial charge on any atom is -0.497 e. The van der Waals surface area contributed by atoms with Gasteiger partial charge in [0.25, 0.3) is 5.56 Å². The van der Waals surface area contributed by atoms with Crippen LogP contribution in [-0.4, -0.2) is 18.2 Å². The molecule has 2 rings (SSSR count). The molecule has 0 radical (unpaired) electrons. The number of aromatic amines is 1. The second kappa shape index (κ2) is 4.49. The summed E-state index contributed by atoms with van der Waals surface area (Å²) < 4.78 is 10.8. The highest BCUT2D eigenvalue weighted by molar-refractivity contribution is 5.86. The highest BCUT2D eigenvalue weighted by Gasteiger charge is 2.07. The molecular formula is C13H15NO3. The van der Waals surface area contributed by atoms with E-state index in [2.05, 4.69) is 4.98 Å². The number of nitrogens with one attached hydrogen (secondary N) is 1. The molecule has 1 N–H and O–H groups in total. The number of aromatic nitrogens is 1. The standard InChI is InChI=1S/C13H15NO3/c1-8(2)17-12-7-13(15)14-11-5-4-9(16-3)6-10(11)12/h4-8H,1-3H3,(H,14,15). The minimum atomic E-state index is -0.168. The molecule has 1 aromatic carbocycles. The summed E-state index contributed by atoms with van der Waals surface area (Å²) in [5, 5.41) is 0.845. The first kappa shape index (κ1) is 11.5. The Balaban J connectivity index is 2.66. The summed E-state index contributed by atoms with van der Waals surface area (Å²) in [6.45, 7) is 3.85. The molecule has 4 nitrogen and oxygen atoms in total. The Bertz CT molecular complexity index is 587. The van der Waals surface area contributed by atoms with Gasteiger partial charge in [-0.1, -0.05) is 0 Å². The molecule has 90 valence electrons. The molecular weight excluding hydrogens is 218 g/mol. The highest BCUT2D eigenvalue weighted by atomic mass is 16.5. The molecule has 1 heterocycles. The van der Waals surface area contributed by atoms with Crippen molar-refractivity contribution in [1.82, 2.24) is 4.98 Å². The maximum atomic E-state index is 11.5. The monoisotopic (exact) mass is 233 g/mol. The predicted octanol–water partition coefficient (Wildman–Crippen LogP) is 2.32. The van der Waals surface area contributed by atoms with Crippen molar-refractivity contribution in [1.29, 1.82) is 0 Å². The number of hydrogen-bond donors (Lipinski definition) is 1. The smallest absolute Gasteiger partial charge is 0.252 e. The molecule has 1 aromatic heterocycles. The first-order chi connectivity index (χ1) is 8.10. The van der Waals surface area contributed by atoms with Crippen LogP contribution in [0.5, 0.6) is 11.5 Å². The van der Waals surface area contributed by atoms with Crippen LogP contribution in [0.25, 0.3) is 10.9 Å². The molecule has 0 saturated carbocycles. The maximum Gasteiger partial charge on any atom is 0.252 e. The van der Waals surface area contributed by atoms with Crippen LogP contribution in [0.1, 0.15) is 13.8 Å². The Morgan fingerprint density at radius 1 is 1.24 bits per heavy atom. The van der Waals surface area contributed by atoms with Crippen molar-refractivity contribution in [2.75, 3.05) is 7.11 Å². The van der Waals surface area contributed by atoms with Crippen molar-refractivity contribution in [3.05, 3.63) is 34.6 Å². The minimum absolute atomic E-state index is 0.0196. The lowest BCUT2D eigenvalue weighted by atomic mass is 10.2. The van der Waals surface area contributed by atoms with Gasteiger partial charge >= 0.3 is 0 Å². The zero-order chi connectivity index (χ0) is 12.4. The Morgan fingerprint density at radius 3 is 2.65 bits per heavy atom. The fraction of sp³-hybridized carbons (Fsp3) is 0.308. The van der Waals surface area contributed by atoms with Crippen LogP contribution in [0.3, 0.4) is 0 Å². The van der Waals surface area contributed by atoms with Crippen LogP contribution in [-0.2, 0) is 0 Å². The summed E-state index contributed by atoms with van der Waals surface area (Å²) in [5.41, 5.74) is 0.576. The van der Waals surface area contributed by atoms with Gasteiger partial charge in [0.1, 0.15) is 11.5 Å². The molecule has 0 fully saturated rings. The first-order valence-electron chi connectivity index (χ1n) is 5.48. The molecule has 17 heavy (non-hydrogen) atoms. The molecule has 0 saturated heterocycles. The number of fused-ring (bicyclic) bond motifs is 1. The van der Waals surface area contributed by atoms with Crippen LogP contribution in [0.4, 0.5) is 0 Å². The SMILES string of the molecule is COc1ccc2[nH]c(=O)cc(OC(C)C)c2c1. The van der Waals surface area contributed by atoms with E-state index < -0.39 is 0 Å². The number of pyridine rings is 1. The third kappa shape index (κ3) is 2.41. The molecule has 0 aliphatic rings. The normalized spacial score (nSPS) is 10.8. The third-order valence-electron chi connectivity index (χ3n) is 2.37. The molecule has 2 aromatic rings. The van der Waals surface area contributed by atoms with Gasteiger partial charge in [-0.25, -0.2) is 0 Å². The maximum absolute atomic E-state index is 11.5. The summed E-state index contributed by atoms with van der Waals surface area (Å²) in [7, 11) is 1.61. The topological polar surface area (TPSA) is 51.3 Å². The van der Waals surface area contributed by atoms with Gasteiger partial charge in [0.15, 0.2) is 0 Å². The van der Waals surface area contributed by atoms with Gasteiger partial charge in [-0.2, -0.15) is 0 Å². The average molecular weight is 233 g/mol. The number of hydrogen-bond acceptors (Lipinski definition) is 3. The van der Waals surface area contributed by atoms with Gasteiger partial charge in [-0.15, -0.1) is 0 Å². The Hall–Kier alpha value is -1.97. The van der Waals surface area contributed by atoms with Crippen LogP contribution in [0, 0.1) is 0 Å². The average Bonchev–Trinajstić information content (AvgIpc) is 2.27. The lowest BCUT2D eigenvalue weighted by Gasteiger charge is -2.12. The van der Waals surface area contributed by atoms with Gasteiger partial charge in [0, 0.05) is 11.5 Å². The van der Waals surface area contributed by atoms with Crippen molar-refractivity contribution < 1.29 is 9.47 Å². The summed E-state index contributed by atoms with van der Waals surface area (Å²) in [5.74, 6) is 1.32. The van der Waals surface area contributed by atoms with E-state index in [0.717, 1.165) is 16.7 Å². The fourth-order valence-electron chi connectivity index (χ4n) is 1.68. The van der Waals surface area contributed by atoms with Gasteiger partial charge < -0.3 is 14.5 Å². The number of ether oxygens (including phenoxy) is 2. The van der Waals surface area contributed by atoms with E-state index >= 15 is 0 Å². The molecule has 0 amide bonds. The van der Waals surface area contributed by atoms with Crippen molar-refractivity contribution >= 4 is 10.9 Å². The van der Waals surface area contributed by atoms with Crippen molar-refractivity contribution in [2.45, 2.75) is 20.0 Å². The quantitative estimate of drug-likeness (QED) is 0.885. The molecule has 4 heteroatoms. The summed E-state index contributed by atoms with van der Waals surface area (Å²) in [6.07, 6.45) is 0.0196. The summed E-state index contributed by atoms with van der Waals surface area (Å²) >= 11 is 0. The van der Waals surface area contributed by atoms with E-state index in [9.17, 15) is 4.79 Å². The lowest BCUT2D eigenvalue weighted by molar-refractivity contribution is 0.245. The second-order valence-corrected chi connectivity index (χ2v) is 4.08. The molecule has 0 spiro atoms. The van der Waals surface area contributed by atoms with E-state index in [1.165, 1.54) is 6.07 Å². The second-order valence-electron chi connectivity index (χ2n) is 4.08. The number of rotatable bonds is 3. The molecule has 0 bridgehead atoms. The molecule has 0 atom stereocenters. The van der Waals surface area contributed by atoms with E-state index in [4.69, 9.17) is 9.47 Å². The van der Waals surface area contributed by atoms with Crippen LogP contribution >= 0.6 is 0 Å². The van der Waals surface area contributed by atoms with E-state index in [-0.39, 0.29) is 11.7 Å². The van der Waals surface area contributed by atoms with Crippen LogP contribution in [0.2, 0.25) is 0 Å². The predicted molar refractivity (Wildman–Crippen MR) is 66.9 cm³/mol.